The summed E-state index contributed by atoms with van der Waals surface area (Å²) in [7, 11) is -2.00. The minimum Gasteiger partial charge on any atom is -0.497 e. The number of benzene rings is 2. The Labute approximate surface area is 196 Å². The largest absolute Gasteiger partial charge is 0.497 e. The molecule has 0 bridgehead atoms. The van der Waals surface area contributed by atoms with E-state index in [9.17, 15) is 13.2 Å². The van der Waals surface area contributed by atoms with Gasteiger partial charge in [0, 0.05) is 38.8 Å². The van der Waals surface area contributed by atoms with Crippen LogP contribution in [-0.2, 0) is 16.6 Å². The van der Waals surface area contributed by atoms with Crippen molar-refractivity contribution in [3.63, 3.8) is 0 Å². The predicted octanol–water partition coefficient (Wildman–Crippen LogP) is 3.26. The number of nitrogens with zero attached hydrogens (tertiary/aromatic N) is 2. The number of rotatable bonds is 7. The highest BCUT2D eigenvalue weighted by Crippen LogP contribution is 2.24. The molecular formula is C25H33N3O4S. The van der Waals surface area contributed by atoms with Gasteiger partial charge in [-0.15, -0.1) is 0 Å². The Morgan fingerprint density at radius 3 is 2.45 bits per heavy atom. The molecule has 1 amide bonds. The molecule has 0 unspecified atom stereocenters. The molecule has 0 spiro atoms. The van der Waals surface area contributed by atoms with Crippen LogP contribution in [0.1, 0.15) is 48.0 Å². The summed E-state index contributed by atoms with van der Waals surface area (Å²) in [6.45, 7) is 3.62. The Bertz CT molecular complexity index is 1060. The lowest BCUT2D eigenvalue weighted by atomic mass is 10.0. The van der Waals surface area contributed by atoms with E-state index in [-0.39, 0.29) is 22.4 Å². The van der Waals surface area contributed by atoms with E-state index < -0.39 is 10.0 Å². The first-order valence-electron chi connectivity index (χ1n) is 11.7. The number of carbonyl (C=O) groups is 1. The SMILES string of the molecule is COc1cccc(CN2CCC(NC(=O)c3ccccc3S(=O)(=O)N3CCCCC3)CC2)c1. The molecule has 2 saturated heterocycles. The number of amides is 1. The maximum atomic E-state index is 13.2. The van der Waals surface area contributed by atoms with Gasteiger partial charge < -0.3 is 10.1 Å². The summed E-state index contributed by atoms with van der Waals surface area (Å²) in [5.74, 6) is 0.547. The van der Waals surface area contributed by atoms with Gasteiger partial charge in [-0.25, -0.2) is 8.42 Å². The molecule has 33 heavy (non-hydrogen) atoms. The molecule has 2 fully saturated rings. The Balaban J connectivity index is 1.37. The van der Waals surface area contributed by atoms with Gasteiger partial charge in [0.25, 0.3) is 5.91 Å². The van der Waals surface area contributed by atoms with Crippen LogP contribution in [0.2, 0.25) is 0 Å². The third kappa shape index (κ3) is 5.75. The van der Waals surface area contributed by atoms with E-state index in [1.807, 2.05) is 18.2 Å². The Hall–Kier alpha value is -2.42. The molecule has 0 radical (unpaired) electrons. The molecule has 2 aliphatic rings. The minimum absolute atomic E-state index is 0.0322. The average molecular weight is 472 g/mol. The molecule has 2 aromatic carbocycles. The van der Waals surface area contributed by atoms with Crippen molar-refractivity contribution in [2.45, 2.75) is 49.6 Å². The smallest absolute Gasteiger partial charge is 0.252 e. The van der Waals surface area contributed by atoms with Crippen LogP contribution in [-0.4, -0.2) is 62.9 Å². The summed E-state index contributed by atoms with van der Waals surface area (Å²) in [5.41, 5.74) is 1.44. The number of likely N-dealkylation sites (tertiary alicyclic amines) is 1. The fraction of sp³-hybridized carbons (Fsp3) is 0.480. The third-order valence-electron chi connectivity index (χ3n) is 6.53. The highest BCUT2D eigenvalue weighted by atomic mass is 32.2. The molecule has 2 heterocycles. The third-order valence-corrected chi connectivity index (χ3v) is 8.48. The fourth-order valence-corrected chi connectivity index (χ4v) is 6.36. The van der Waals surface area contributed by atoms with Gasteiger partial charge in [0.15, 0.2) is 0 Å². The molecular weight excluding hydrogens is 438 g/mol. The van der Waals surface area contributed by atoms with Crippen LogP contribution < -0.4 is 10.1 Å². The molecule has 0 saturated carbocycles. The molecule has 0 aromatic heterocycles. The highest BCUT2D eigenvalue weighted by Gasteiger charge is 2.30. The van der Waals surface area contributed by atoms with Gasteiger partial charge in [0.05, 0.1) is 17.6 Å². The zero-order valence-electron chi connectivity index (χ0n) is 19.2. The average Bonchev–Trinajstić information content (AvgIpc) is 2.86. The van der Waals surface area contributed by atoms with E-state index in [0.717, 1.165) is 57.5 Å². The summed E-state index contributed by atoms with van der Waals surface area (Å²) >= 11 is 0. The van der Waals surface area contributed by atoms with Crippen molar-refractivity contribution in [1.82, 2.24) is 14.5 Å². The normalized spacial score (nSPS) is 18.7. The number of carbonyl (C=O) groups excluding carboxylic acids is 1. The maximum absolute atomic E-state index is 13.2. The van der Waals surface area contributed by atoms with Crippen LogP contribution in [0, 0.1) is 0 Å². The molecule has 0 atom stereocenters. The second-order valence-electron chi connectivity index (χ2n) is 8.84. The second kappa shape index (κ2) is 10.7. The Morgan fingerprint density at radius 2 is 1.73 bits per heavy atom. The molecule has 0 aliphatic carbocycles. The van der Waals surface area contributed by atoms with Crippen LogP contribution in [0.3, 0.4) is 0 Å². The maximum Gasteiger partial charge on any atom is 0.252 e. The van der Waals surface area contributed by atoms with Crippen LogP contribution in [0.25, 0.3) is 0 Å². The van der Waals surface area contributed by atoms with Gasteiger partial charge in [-0.3, -0.25) is 9.69 Å². The summed E-state index contributed by atoms with van der Waals surface area (Å²) < 4.78 is 33.2. The summed E-state index contributed by atoms with van der Waals surface area (Å²) in [6, 6.07) is 14.7. The monoisotopic (exact) mass is 471 g/mol. The number of hydrogen-bond acceptors (Lipinski definition) is 5. The van der Waals surface area contributed by atoms with E-state index in [4.69, 9.17) is 4.74 Å². The van der Waals surface area contributed by atoms with Crippen molar-refractivity contribution < 1.29 is 17.9 Å². The quantitative estimate of drug-likeness (QED) is 0.671. The zero-order valence-corrected chi connectivity index (χ0v) is 20.0. The standard InChI is InChI=1S/C25H33N3O4S/c1-32-22-9-7-8-20(18-22)19-27-16-12-21(13-17-27)26-25(29)23-10-3-4-11-24(23)33(30,31)28-14-5-2-6-15-28/h3-4,7-11,18,21H,2,5-6,12-17,19H2,1H3,(H,26,29). The Kier molecular flexibility index (Phi) is 7.67. The van der Waals surface area contributed by atoms with Gasteiger partial charge >= 0.3 is 0 Å². The zero-order chi connectivity index (χ0) is 23.3. The summed E-state index contributed by atoms with van der Waals surface area (Å²) in [5, 5.41) is 3.08. The van der Waals surface area contributed by atoms with Gasteiger partial charge in [0.2, 0.25) is 10.0 Å². The van der Waals surface area contributed by atoms with Gasteiger partial charge in [-0.2, -0.15) is 4.31 Å². The highest BCUT2D eigenvalue weighted by molar-refractivity contribution is 7.89. The van der Waals surface area contributed by atoms with E-state index in [1.54, 1.807) is 31.4 Å². The molecule has 8 heteroatoms. The summed E-state index contributed by atoms with van der Waals surface area (Å²) in [4.78, 5) is 15.6. The van der Waals surface area contributed by atoms with Gasteiger partial charge in [-0.1, -0.05) is 30.7 Å². The fourth-order valence-electron chi connectivity index (χ4n) is 4.65. The lowest BCUT2D eigenvalue weighted by Crippen LogP contribution is -2.45. The van der Waals surface area contributed by atoms with Crippen molar-refractivity contribution in [3.05, 3.63) is 59.7 Å². The molecule has 7 nitrogen and oxygen atoms in total. The first-order chi connectivity index (χ1) is 16.0. The van der Waals surface area contributed by atoms with Gasteiger partial charge in [-0.05, 0) is 55.5 Å². The lowest BCUT2D eigenvalue weighted by Gasteiger charge is -2.32. The number of methoxy groups -OCH3 is 1. The van der Waals surface area contributed by atoms with Gasteiger partial charge in [0.1, 0.15) is 5.75 Å². The number of hydrogen-bond donors (Lipinski definition) is 1. The number of piperidine rings is 2. The molecule has 4 rings (SSSR count). The van der Waals surface area contributed by atoms with Crippen LogP contribution in [0.5, 0.6) is 5.75 Å². The molecule has 1 N–H and O–H groups in total. The van der Waals surface area contributed by atoms with E-state index in [1.165, 1.54) is 9.87 Å². The molecule has 178 valence electrons. The second-order valence-corrected chi connectivity index (χ2v) is 10.7. The minimum atomic E-state index is -3.67. The van der Waals surface area contributed by atoms with E-state index >= 15 is 0 Å². The van der Waals surface area contributed by atoms with Crippen molar-refractivity contribution in [2.75, 3.05) is 33.3 Å². The van der Waals surface area contributed by atoms with Crippen molar-refractivity contribution >= 4 is 15.9 Å². The molecule has 2 aliphatic heterocycles. The Morgan fingerprint density at radius 1 is 1.00 bits per heavy atom. The lowest BCUT2D eigenvalue weighted by molar-refractivity contribution is 0.0905. The summed E-state index contributed by atoms with van der Waals surface area (Å²) in [6.07, 6.45) is 4.43. The molecule has 2 aromatic rings. The van der Waals surface area contributed by atoms with Crippen molar-refractivity contribution in [2.24, 2.45) is 0 Å². The van der Waals surface area contributed by atoms with E-state index in [0.29, 0.717) is 13.1 Å². The van der Waals surface area contributed by atoms with E-state index in [2.05, 4.69) is 16.3 Å². The first-order valence-corrected chi connectivity index (χ1v) is 13.2. The van der Waals surface area contributed by atoms with Crippen LogP contribution in [0.15, 0.2) is 53.4 Å². The van der Waals surface area contributed by atoms with Crippen LogP contribution in [0.4, 0.5) is 0 Å². The van der Waals surface area contributed by atoms with Crippen molar-refractivity contribution in [1.29, 1.82) is 0 Å². The van der Waals surface area contributed by atoms with Crippen LogP contribution >= 0.6 is 0 Å². The topological polar surface area (TPSA) is 79.0 Å². The number of nitrogens with one attached hydrogen (secondary N) is 1. The van der Waals surface area contributed by atoms with Crippen molar-refractivity contribution in [3.8, 4) is 5.75 Å². The number of ether oxygens (including phenoxy) is 1. The number of sulfonamides is 1. The predicted molar refractivity (Wildman–Crippen MR) is 128 cm³/mol. The first kappa shape index (κ1) is 23.7.